The maximum absolute atomic E-state index is 10.8. The maximum Gasteiger partial charge on any atom is 0.250 e. The van der Waals surface area contributed by atoms with Gasteiger partial charge < -0.3 is 9.30 Å². The highest BCUT2D eigenvalue weighted by Crippen LogP contribution is 2.03. The topological polar surface area (TPSA) is 78.3 Å². The highest BCUT2D eigenvalue weighted by Gasteiger charge is 1.94. The predicted octanol–water partition coefficient (Wildman–Crippen LogP) is 1.10. The number of pyridine rings is 2. The van der Waals surface area contributed by atoms with E-state index in [9.17, 15) is 14.4 Å². The van der Waals surface area contributed by atoms with Crippen LogP contribution in [0.3, 0.4) is 0 Å². The first kappa shape index (κ1) is 15.3. The van der Waals surface area contributed by atoms with Gasteiger partial charge in [-0.2, -0.15) is 0 Å². The van der Waals surface area contributed by atoms with Crippen LogP contribution in [0.5, 0.6) is 5.88 Å². The average molecular weight is 274 g/mol. The third kappa shape index (κ3) is 4.16. The van der Waals surface area contributed by atoms with Crippen LogP contribution in [0.25, 0.3) is 0 Å². The molecule has 2 aromatic heterocycles. The van der Waals surface area contributed by atoms with Gasteiger partial charge in [0, 0.05) is 19.2 Å². The number of methoxy groups -OCH3 is 1. The molecule has 0 N–H and O–H groups in total. The third-order valence-electron chi connectivity index (χ3n) is 2.42. The monoisotopic (exact) mass is 274 g/mol. The summed E-state index contributed by atoms with van der Waals surface area (Å²) >= 11 is 0. The number of nitrogens with zero attached hydrogens (tertiary/aromatic N) is 2. The molecule has 2 rings (SSSR count). The van der Waals surface area contributed by atoms with E-state index in [0.717, 1.165) is 0 Å². The van der Waals surface area contributed by atoms with Gasteiger partial charge in [-0.25, -0.2) is 4.98 Å². The van der Waals surface area contributed by atoms with Crippen molar-refractivity contribution < 1.29 is 14.3 Å². The predicted molar refractivity (Wildman–Crippen MR) is 73.2 cm³/mol. The molecular weight excluding hydrogens is 260 g/mol. The van der Waals surface area contributed by atoms with E-state index in [1.165, 1.54) is 17.7 Å². The molecule has 0 radical (unpaired) electrons. The highest BCUT2D eigenvalue weighted by atomic mass is 16.5. The van der Waals surface area contributed by atoms with Gasteiger partial charge >= 0.3 is 0 Å². The first-order valence-corrected chi connectivity index (χ1v) is 5.69. The Morgan fingerprint density at radius 3 is 2.35 bits per heavy atom. The van der Waals surface area contributed by atoms with E-state index in [4.69, 9.17) is 4.74 Å². The lowest BCUT2D eigenvalue weighted by molar-refractivity contribution is 0.110. The molecule has 20 heavy (non-hydrogen) atoms. The van der Waals surface area contributed by atoms with Crippen LogP contribution in [0.15, 0.2) is 41.2 Å². The van der Waals surface area contributed by atoms with Crippen LogP contribution < -0.4 is 10.3 Å². The summed E-state index contributed by atoms with van der Waals surface area (Å²) in [6.45, 7) is 0. The zero-order valence-corrected chi connectivity index (χ0v) is 11.1. The first-order chi connectivity index (χ1) is 9.62. The van der Waals surface area contributed by atoms with Crippen molar-refractivity contribution in [3.05, 3.63) is 58.1 Å². The normalized spacial score (nSPS) is 9.10. The number of carbonyl (C=O) groups excluding carboxylic acids is 2. The molecule has 6 heteroatoms. The summed E-state index contributed by atoms with van der Waals surface area (Å²) in [5.41, 5.74) is 0.622. The zero-order valence-electron chi connectivity index (χ0n) is 11.1. The molecule has 0 bridgehead atoms. The summed E-state index contributed by atoms with van der Waals surface area (Å²) in [4.78, 5) is 35.0. The Morgan fingerprint density at radius 1 is 1.10 bits per heavy atom. The molecule has 0 aliphatic carbocycles. The first-order valence-electron chi connectivity index (χ1n) is 5.69. The molecule has 0 aliphatic rings. The molecule has 2 aromatic rings. The van der Waals surface area contributed by atoms with Gasteiger partial charge in [0.05, 0.1) is 12.8 Å². The van der Waals surface area contributed by atoms with Crippen LogP contribution >= 0.6 is 0 Å². The smallest absolute Gasteiger partial charge is 0.250 e. The number of rotatable bonds is 3. The zero-order chi connectivity index (χ0) is 15.0. The molecule has 0 atom stereocenters. The fraction of sp³-hybridized carbons (Fsp3) is 0.143. The van der Waals surface area contributed by atoms with E-state index in [-0.39, 0.29) is 5.56 Å². The van der Waals surface area contributed by atoms with Gasteiger partial charge in [-0.05, 0) is 12.1 Å². The van der Waals surface area contributed by atoms with Gasteiger partial charge in [0.1, 0.15) is 5.69 Å². The minimum absolute atomic E-state index is 0.162. The van der Waals surface area contributed by atoms with Gasteiger partial charge in [-0.1, -0.05) is 12.1 Å². The summed E-state index contributed by atoms with van der Waals surface area (Å²) in [5, 5.41) is 0. The van der Waals surface area contributed by atoms with Crippen molar-refractivity contribution in [2.24, 2.45) is 7.05 Å². The van der Waals surface area contributed by atoms with Crippen LogP contribution in [-0.4, -0.2) is 29.2 Å². The molecule has 0 saturated heterocycles. The number of ether oxygens (including phenoxy) is 1. The molecule has 104 valence electrons. The Morgan fingerprint density at radius 2 is 1.80 bits per heavy atom. The van der Waals surface area contributed by atoms with Crippen LogP contribution in [0.1, 0.15) is 21.0 Å². The molecule has 0 saturated carbocycles. The molecule has 0 aromatic carbocycles. The van der Waals surface area contributed by atoms with Gasteiger partial charge in [-0.15, -0.1) is 0 Å². The van der Waals surface area contributed by atoms with Gasteiger partial charge in [-0.3, -0.25) is 14.4 Å². The number of carbonyl (C=O) groups is 2. The lowest BCUT2D eigenvalue weighted by atomic mass is 10.4. The average Bonchev–Trinajstić information content (AvgIpc) is 2.50. The highest BCUT2D eigenvalue weighted by molar-refractivity contribution is 5.72. The largest absolute Gasteiger partial charge is 0.481 e. The molecule has 0 spiro atoms. The number of hydrogen-bond acceptors (Lipinski definition) is 5. The SMILES string of the molecule is COc1cccc(C=O)n1.Cn1c(C=O)cccc1=O. The molecular formula is C14H14N2O4. The van der Waals surface area contributed by atoms with Crippen molar-refractivity contribution >= 4 is 12.6 Å². The maximum atomic E-state index is 10.8. The molecule has 0 amide bonds. The lowest BCUT2D eigenvalue weighted by Crippen LogP contribution is -2.17. The number of hydrogen-bond donors (Lipinski definition) is 0. The summed E-state index contributed by atoms with van der Waals surface area (Å²) in [5.74, 6) is 0.463. The summed E-state index contributed by atoms with van der Waals surface area (Å²) in [6, 6.07) is 9.59. The third-order valence-corrected chi connectivity index (χ3v) is 2.42. The minimum atomic E-state index is -0.162. The van der Waals surface area contributed by atoms with Gasteiger partial charge in [0.2, 0.25) is 5.88 Å². The van der Waals surface area contributed by atoms with Crippen LogP contribution in [0, 0.1) is 0 Å². The van der Waals surface area contributed by atoms with E-state index in [0.29, 0.717) is 29.8 Å². The van der Waals surface area contributed by atoms with Crippen molar-refractivity contribution in [3.8, 4) is 5.88 Å². The van der Waals surface area contributed by atoms with Gasteiger partial charge in [0.15, 0.2) is 12.6 Å². The Labute approximate surface area is 115 Å². The van der Waals surface area contributed by atoms with E-state index in [2.05, 4.69) is 4.98 Å². The Bertz CT molecular complexity index is 650. The Hall–Kier alpha value is -2.76. The second kappa shape index (κ2) is 7.63. The molecule has 0 aliphatic heterocycles. The van der Waals surface area contributed by atoms with Crippen LogP contribution in [-0.2, 0) is 7.05 Å². The summed E-state index contributed by atoms with van der Waals surface area (Å²) < 4.78 is 6.09. The minimum Gasteiger partial charge on any atom is -0.481 e. The molecule has 0 unspecified atom stereocenters. The fourth-order valence-corrected chi connectivity index (χ4v) is 1.31. The van der Waals surface area contributed by atoms with Crippen molar-refractivity contribution in [3.63, 3.8) is 0 Å². The second-order valence-electron chi connectivity index (χ2n) is 3.69. The van der Waals surface area contributed by atoms with Gasteiger partial charge in [0.25, 0.3) is 5.56 Å². The van der Waals surface area contributed by atoms with Crippen LogP contribution in [0.4, 0.5) is 0 Å². The van der Waals surface area contributed by atoms with Crippen molar-refractivity contribution in [1.29, 1.82) is 0 Å². The molecule has 0 fully saturated rings. The standard InChI is InChI=1S/2C7H7NO2/c1-10-7-4-2-3-6(5-9)8-7;1-8-6(5-9)3-2-4-7(8)10/h2*2-5H,1H3. The number of aromatic nitrogens is 2. The Balaban J connectivity index is 0.000000200. The number of aldehydes is 2. The Kier molecular flexibility index (Phi) is 5.83. The molecule has 6 nitrogen and oxygen atoms in total. The molecule has 2 heterocycles. The quantitative estimate of drug-likeness (QED) is 0.783. The van der Waals surface area contributed by atoms with E-state index < -0.39 is 0 Å². The van der Waals surface area contributed by atoms with E-state index >= 15 is 0 Å². The second-order valence-corrected chi connectivity index (χ2v) is 3.69. The van der Waals surface area contributed by atoms with E-state index in [1.54, 1.807) is 37.4 Å². The van der Waals surface area contributed by atoms with Crippen molar-refractivity contribution in [2.75, 3.05) is 7.11 Å². The van der Waals surface area contributed by atoms with Crippen molar-refractivity contribution in [2.45, 2.75) is 0 Å². The van der Waals surface area contributed by atoms with E-state index in [1.807, 2.05) is 0 Å². The summed E-state index contributed by atoms with van der Waals surface area (Å²) in [7, 11) is 3.07. The van der Waals surface area contributed by atoms with Crippen molar-refractivity contribution in [1.82, 2.24) is 9.55 Å². The fourth-order valence-electron chi connectivity index (χ4n) is 1.31. The summed E-state index contributed by atoms with van der Waals surface area (Å²) in [6.07, 6.45) is 1.34. The lowest BCUT2D eigenvalue weighted by Gasteiger charge is -1.97. The van der Waals surface area contributed by atoms with Crippen LogP contribution in [0.2, 0.25) is 0 Å².